The lowest BCUT2D eigenvalue weighted by Gasteiger charge is -2.35. The van der Waals surface area contributed by atoms with Crippen molar-refractivity contribution in [2.75, 3.05) is 31.1 Å². The summed E-state index contributed by atoms with van der Waals surface area (Å²) in [6.07, 6.45) is 0. The van der Waals surface area contributed by atoms with Crippen LogP contribution >= 0.6 is 12.2 Å². The minimum absolute atomic E-state index is 0.198. The third-order valence-electron chi connectivity index (χ3n) is 4.91. The molecular formula is C20H22FN5S. The highest BCUT2D eigenvalue weighted by Crippen LogP contribution is 2.18. The van der Waals surface area contributed by atoms with Crippen LogP contribution in [0.4, 0.5) is 10.1 Å². The van der Waals surface area contributed by atoms with E-state index in [1.807, 2.05) is 58.6 Å². The van der Waals surface area contributed by atoms with Crippen LogP contribution in [0.15, 0.2) is 54.6 Å². The molecular weight excluding hydrogens is 361 g/mol. The molecule has 0 aliphatic carbocycles. The molecule has 4 rings (SSSR count). The van der Waals surface area contributed by atoms with Gasteiger partial charge in [0.05, 0.1) is 6.67 Å². The normalized spacial score (nSPS) is 15.3. The summed E-state index contributed by atoms with van der Waals surface area (Å²) < 4.78 is 17.7. The first-order valence-electron chi connectivity index (χ1n) is 9.06. The number of aryl methyl sites for hydroxylation is 1. The lowest BCUT2D eigenvalue weighted by Crippen LogP contribution is -2.47. The Bertz CT molecular complexity index is 956. The maximum atomic E-state index is 13.1. The van der Waals surface area contributed by atoms with Gasteiger partial charge in [0, 0.05) is 37.6 Å². The molecule has 1 aliphatic rings. The van der Waals surface area contributed by atoms with Gasteiger partial charge < -0.3 is 4.90 Å². The van der Waals surface area contributed by atoms with Gasteiger partial charge in [-0.2, -0.15) is 5.10 Å². The average molecular weight is 383 g/mol. The molecule has 0 spiro atoms. The van der Waals surface area contributed by atoms with E-state index >= 15 is 0 Å². The smallest absolute Gasteiger partial charge is 0.203 e. The summed E-state index contributed by atoms with van der Waals surface area (Å²) in [6, 6.07) is 16.8. The Hall–Kier alpha value is -2.51. The molecule has 0 saturated carbocycles. The predicted octanol–water partition coefficient (Wildman–Crippen LogP) is 3.63. The van der Waals surface area contributed by atoms with E-state index in [4.69, 9.17) is 12.2 Å². The highest BCUT2D eigenvalue weighted by molar-refractivity contribution is 7.71. The van der Waals surface area contributed by atoms with Gasteiger partial charge in [0.15, 0.2) is 0 Å². The number of benzene rings is 2. The van der Waals surface area contributed by atoms with Crippen molar-refractivity contribution in [1.82, 2.24) is 19.2 Å². The Morgan fingerprint density at radius 2 is 1.59 bits per heavy atom. The largest absolute Gasteiger partial charge is 0.369 e. The van der Waals surface area contributed by atoms with Crippen LogP contribution in [0.5, 0.6) is 0 Å². The lowest BCUT2D eigenvalue weighted by molar-refractivity contribution is 0.194. The zero-order valence-electron chi connectivity index (χ0n) is 15.3. The van der Waals surface area contributed by atoms with Crippen molar-refractivity contribution in [3.8, 4) is 5.69 Å². The van der Waals surface area contributed by atoms with Crippen LogP contribution < -0.4 is 4.90 Å². The molecule has 7 heteroatoms. The fourth-order valence-electron chi connectivity index (χ4n) is 3.47. The second-order valence-electron chi connectivity index (χ2n) is 6.72. The van der Waals surface area contributed by atoms with E-state index in [2.05, 4.69) is 14.9 Å². The maximum Gasteiger partial charge on any atom is 0.203 e. The number of halogens is 1. The van der Waals surface area contributed by atoms with Gasteiger partial charge in [-0.1, -0.05) is 18.2 Å². The molecule has 140 valence electrons. The van der Waals surface area contributed by atoms with E-state index in [1.165, 1.54) is 12.1 Å². The van der Waals surface area contributed by atoms with Gasteiger partial charge in [-0.25, -0.2) is 9.07 Å². The van der Waals surface area contributed by atoms with E-state index in [0.717, 1.165) is 43.4 Å². The Morgan fingerprint density at radius 3 is 2.26 bits per heavy atom. The minimum atomic E-state index is -0.198. The van der Waals surface area contributed by atoms with E-state index < -0.39 is 0 Å². The molecule has 1 aliphatic heterocycles. The van der Waals surface area contributed by atoms with Crippen LogP contribution in [0.25, 0.3) is 5.69 Å². The fraction of sp³-hybridized carbons (Fsp3) is 0.300. The zero-order chi connectivity index (χ0) is 18.8. The lowest BCUT2D eigenvalue weighted by atomic mass is 10.2. The van der Waals surface area contributed by atoms with Gasteiger partial charge in [0.2, 0.25) is 4.77 Å². The maximum absolute atomic E-state index is 13.1. The van der Waals surface area contributed by atoms with Gasteiger partial charge in [-0.05, 0) is 55.5 Å². The Labute approximate surface area is 163 Å². The molecule has 3 aromatic rings. The van der Waals surface area contributed by atoms with Crippen molar-refractivity contribution in [1.29, 1.82) is 0 Å². The SMILES string of the molecule is Cc1nn(CN2CCN(c3ccc(F)cc3)CC2)c(=S)n1-c1ccccc1. The number of rotatable bonds is 4. The number of piperazine rings is 1. The number of nitrogens with zero attached hydrogens (tertiary/aromatic N) is 5. The summed E-state index contributed by atoms with van der Waals surface area (Å²) in [7, 11) is 0. The number of hydrogen-bond acceptors (Lipinski definition) is 4. The number of para-hydroxylation sites is 1. The Balaban J connectivity index is 1.44. The molecule has 0 amide bonds. The third kappa shape index (κ3) is 3.79. The number of aromatic nitrogens is 3. The van der Waals surface area contributed by atoms with Crippen LogP contribution in [0, 0.1) is 17.5 Å². The second kappa shape index (κ2) is 7.62. The van der Waals surface area contributed by atoms with Crippen molar-refractivity contribution in [2.45, 2.75) is 13.6 Å². The molecule has 0 N–H and O–H groups in total. The Morgan fingerprint density at radius 1 is 0.926 bits per heavy atom. The van der Waals surface area contributed by atoms with Crippen LogP contribution in [-0.4, -0.2) is 45.4 Å². The van der Waals surface area contributed by atoms with Gasteiger partial charge in [-0.15, -0.1) is 0 Å². The molecule has 1 fully saturated rings. The van der Waals surface area contributed by atoms with Gasteiger partial charge in [0.1, 0.15) is 11.6 Å². The Kier molecular flexibility index (Phi) is 5.05. The van der Waals surface area contributed by atoms with Crippen molar-refractivity contribution in [3.63, 3.8) is 0 Å². The molecule has 0 atom stereocenters. The van der Waals surface area contributed by atoms with Crippen LogP contribution in [0.1, 0.15) is 5.82 Å². The van der Waals surface area contributed by atoms with Crippen molar-refractivity contribution in [3.05, 3.63) is 71.0 Å². The fourth-order valence-corrected chi connectivity index (χ4v) is 3.81. The standard InChI is InChI=1S/C20H22FN5S/c1-16-22-25(20(27)26(16)19-5-3-2-4-6-19)15-23-11-13-24(14-12-23)18-9-7-17(21)8-10-18/h2-10H,11-15H2,1H3. The highest BCUT2D eigenvalue weighted by atomic mass is 32.1. The van der Waals surface area contributed by atoms with Gasteiger partial charge in [-0.3, -0.25) is 9.47 Å². The quantitative estimate of drug-likeness (QED) is 0.644. The average Bonchev–Trinajstić information content (AvgIpc) is 2.97. The van der Waals surface area contributed by atoms with E-state index in [-0.39, 0.29) is 5.82 Å². The van der Waals surface area contributed by atoms with E-state index in [1.54, 1.807) is 0 Å². The first kappa shape index (κ1) is 17.9. The van der Waals surface area contributed by atoms with E-state index in [0.29, 0.717) is 11.4 Å². The molecule has 2 heterocycles. The molecule has 27 heavy (non-hydrogen) atoms. The molecule has 0 radical (unpaired) electrons. The number of hydrogen-bond donors (Lipinski definition) is 0. The van der Waals surface area contributed by atoms with Crippen molar-refractivity contribution >= 4 is 17.9 Å². The summed E-state index contributed by atoms with van der Waals surface area (Å²) in [5.74, 6) is 0.687. The van der Waals surface area contributed by atoms with Crippen LogP contribution in [0.2, 0.25) is 0 Å². The van der Waals surface area contributed by atoms with E-state index in [9.17, 15) is 4.39 Å². The number of anilines is 1. The second-order valence-corrected chi connectivity index (χ2v) is 7.09. The molecule has 1 saturated heterocycles. The first-order chi connectivity index (χ1) is 13.1. The zero-order valence-corrected chi connectivity index (χ0v) is 16.1. The van der Waals surface area contributed by atoms with Crippen molar-refractivity contribution in [2.24, 2.45) is 0 Å². The summed E-state index contributed by atoms with van der Waals surface area (Å²) in [6.45, 7) is 6.28. The van der Waals surface area contributed by atoms with Crippen LogP contribution in [0.3, 0.4) is 0 Å². The van der Waals surface area contributed by atoms with Crippen LogP contribution in [-0.2, 0) is 6.67 Å². The van der Waals surface area contributed by atoms with Gasteiger partial charge >= 0.3 is 0 Å². The molecule has 2 aromatic carbocycles. The summed E-state index contributed by atoms with van der Waals surface area (Å²) in [4.78, 5) is 4.63. The third-order valence-corrected chi connectivity index (χ3v) is 5.31. The summed E-state index contributed by atoms with van der Waals surface area (Å²) in [5.41, 5.74) is 2.10. The summed E-state index contributed by atoms with van der Waals surface area (Å²) in [5, 5.41) is 4.65. The minimum Gasteiger partial charge on any atom is -0.369 e. The predicted molar refractivity (Wildman–Crippen MR) is 107 cm³/mol. The molecule has 0 unspecified atom stereocenters. The molecule has 0 bridgehead atoms. The highest BCUT2D eigenvalue weighted by Gasteiger charge is 2.19. The summed E-state index contributed by atoms with van der Waals surface area (Å²) >= 11 is 5.67. The monoisotopic (exact) mass is 383 g/mol. The van der Waals surface area contributed by atoms with Crippen molar-refractivity contribution < 1.29 is 4.39 Å². The van der Waals surface area contributed by atoms with Gasteiger partial charge in [0.25, 0.3) is 0 Å². The topological polar surface area (TPSA) is 29.2 Å². The first-order valence-corrected chi connectivity index (χ1v) is 9.47. The molecule has 5 nitrogen and oxygen atoms in total. The molecule has 1 aromatic heterocycles.